The molecule has 0 aliphatic rings. The highest BCUT2D eigenvalue weighted by Gasteiger charge is 2.42. The highest BCUT2D eigenvalue weighted by molar-refractivity contribution is 5.95. The van der Waals surface area contributed by atoms with Gasteiger partial charge in [-0.2, -0.15) is 31.4 Å². The topological polar surface area (TPSA) is 123 Å². The summed E-state index contributed by atoms with van der Waals surface area (Å²) in [5.41, 5.74) is -4.69. The molecule has 2 amide bonds. The summed E-state index contributed by atoms with van der Waals surface area (Å²) < 4.78 is 83.1. The largest absolute Gasteiger partial charge is 0.480 e. The van der Waals surface area contributed by atoms with Crippen LogP contribution in [0.1, 0.15) is 38.6 Å². The van der Waals surface area contributed by atoms with Gasteiger partial charge in [0.2, 0.25) is 5.91 Å². The minimum atomic E-state index is -5.13. The summed E-state index contributed by atoms with van der Waals surface area (Å²) in [6.07, 6.45) is -12.0. The first kappa shape index (κ1) is 27.5. The van der Waals surface area contributed by atoms with E-state index in [1.54, 1.807) is 20.8 Å². The van der Waals surface area contributed by atoms with E-state index in [1.165, 1.54) is 0 Å². The van der Waals surface area contributed by atoms with E-state index in [0.717, 1.165) is 24.3 Å². The van der Waals surface area contributed by atoms with Crippen LogP contribution in [0.3, 0.4) is 0 Å². The van der Waals surface area contributed by atoms with Crippen molar-refractivity contribution in [2.75, 3.05) is 5.32 Å². The monoisotopic (exact) mass is 510 g/mol. The Morgan fingerprint density at radius 1 is 1.03 bits per heavy atom. The lowest BCUT2D eigenvalue weighted by Gasteiger charge is -2.21. The van der Waals surface area contributed by atoms with Gasteiger partial charge in [0.05, 0.1) is 12.1 Å². The van der Waals surface area contributed by atoms with E-state index in [9.17, 15) is 45.8 Å². The number of carbonyl (C=O) groups excluding carboxylic acids is 2. The standard InChI is InChI=1S/C20H20F6N4O5/c1-18(2,3)35-17(34)28-12(16(32)33)8-15(31)27-10-4-6-11(7-5-10)30-14(20(24,25)26)9-13(29-30)19(21,22)23/h4-7,9,12H,8H2,1-3H3,(H,27,31)(H,28,34)(H,32,33)/t12-/m0/s1. The quantitative estimate of drug-likeness (QED) is 0.501. The molecule has 9 nitrogen and oxygen atoms in total. The second kappa shape index (κ2) is 9.84. The second-order valence-corrected chi connectivity index (χ2v) is 8.16. The fraction of sp³-hybridized carbons (Fsp3) is 0.400. The number of carboxylic acid groups (broad SMARTS) is 1. The van der Waals surface area contributed by atoms with E-state index in [2.05, 4.69) is 10.4 Å². The Bertz CT molecular complexity index is 1090. The molecule has 2 rings (SSSR count). The number of hydrogen-bond acceptors (Lipinski definition) is 5. The number of amides is 2. The average molecular weight is 510 g/mol. The molecule has 0 aliphatic heterocycles. The predicted molar refractivity (Wildman–Crippen MR) is 108 cm³/mol. The Labute approximate surface area is 194 Å². The SMILES string of the molecule is CC(C)(C)OC(=O)N[C@@H](CC(=O)Nc1ccc(-n2nc(C(F)(F)F)cc2C(F)(F)F)cc1)C(=O)O. The Morgan fingerprint density at radius 3 is 2.06 bits per heavy atom. The molecule has 1 aromatic heterocycles. The van der Waals surface area contributed by atoms with Gasteiger partial charge in [0.1, 0.15) is 17.3 Å². The zero-order valence-corrected chi connectivity index (χ0v) is 18.4. The van der Waals surface area contributed by atoms with Gasteiger partial charge in [-0.3, -0.25) is 4.79 Å². The summed E-state index contributed by atoms with van der Waals surface area (Å²) in [7, 11) is 0. The minimum absolute atomic E-state index is 0.00286. The third kappa shape index (κ3) is 7.89. The van der Waals surface area contributed by atoms with Crippen LogP contribution in [0.2, 0.25) is 0 Å². The molecule has 35 heavy (non-hydrogen) atoms. The molecule has 15 heteroatoms. The Hall–Kier alpha value is -3.78. The molecule has 0 aliphatic carbocycles. The zero-order chi connectivity index (χ0) is 26.8. The summed E-state index contributed by atoms with van der Waals surface area (Å²) in [5.74, 6) is -2.41. The molecule has 0 bridgehead atoms. The summed E-state index contributed by atoms with van der Waals surface area (Å²) >= 11 is 0. The fourth-order valence-corrected chi connectivity index (χ4v) is 2.65. The van der Waals surface area contributed by atoms with E-state index in [4.69, 9.17) is 4.74 Å². The number of nitrogens with zero attached hydrogens (tertiary/aromatic N) is 2. The third-order valence-electron chi connectivity index (χ3n) is 4.06. The first-order chi connectivity index (χ1) is 15.9. The molecule has 0 unspecified atom stereocenters. The van der Waals surface area contributed by atoms with Gasteiger partial charge < -0.3 is 20.5 Å². The van der Waals surface area contributed by atoms with Crippen molar-refractivity contribution in [2.24, 2.45) is 0 Å². The number of carbonyl (C=O) groups is 3. The van der Waals surface area contributed by atoms with Gasteiger partial charge in [-0.15, -0.1) is 0 Å². The normalized spacial score (nSPS) is 13.2. The number of rotatable bonds is 6. The van der Waals surface area contributed by atoms with Crippen LogP contribution in [0.5, 0.6) is 0 Å². The molecule has 1 heterocycles. The van der Waals surface area contributed by atoms with Crippen LogP contribution in [-0.2, 0) is 26.7 Å². The Balaban J connectivity index is 2.15. The second-order valence-electron chi connectivity index (χ2n) is 8.16. The molecule has 0 spiro atoms. The lowest BCUT2D eigenvalue weighted by Crippen LogP contribution is -2.45. The maximum atomic E-state index is 13.2. The number of alkyl carbamates (subject to hydrolysis) is 1. The molecule has 1 atom stereocenters. The smallest absolute Gasteiger partial charge is 0.435 e. The summed E-state index contributed by atoms with van der Waals surface area (Å²) in [5, 5.41) is 16.5. The van der Waals surface area contributed by atoms with E-state index < -0.39 is 59.8 Å². The number of alkyl halides is 6. The van der Waals surface area contributed by atoms with Crippen molar-refractivity contribution in [3.63, 3.8) is 0 Å². The summed E-state index contributed by atoms with van der Waals surface area (Å²) in [6.45, 7) is 4.64. The van der Waals surface area contributed by atoms with Crippen molar-refractivity contribution < 1.29 is 50.6 Å². The van der Waals surface area contributed by atoms with E-state index in [-0.39, 0.29) is 22.1 Å². The molecule has 192 valence electrons. The number of anilines is 1. The number of halogens is 6. The molecule has 0 radical (unpaired) electrons. The highest BCUT2D eigenvalue weighted by Crippen LogP contribution is 2.36. The van der Waals surface area contributed by atoms with Crippen LogP contribution in [0.4, 0.5) is 36.8 Å². The average Bonchev–Trinajstić information content (AvgIpc) is 3.13. The van der Waals surface area contributed by atoms with Gasteiger partial charge in [-0.05, 0) is 45.0 Å². The van der Waals surface area contributed by atoms with Crippen molar-refractivity contribution in [1.82, 2.24) is 15.1 Å². The molecule has 1 aromatic carbocycles. The molecule has 0 fully saturated rings. The van der Waals surface area contributed by atoms with Gasteiger partial charge in [0.15, 0.2) is 5.69 Å². The zero-order valence-electron chi connectivity index (χ0n) is 18.4. The van der Waals surface area contributed by atoms with Gasteiger partial charge >= 0.3 is 24.4 Å². The molecule has 3 N–H and O–H groups in total. The number of carboxylic acids is 1. The summed E-state index contributed by atoms with van der Waals surface area (Å²) in [4.78, 5) is 35.3. The van der Waals surface area contributed by atoms with Gasteiger partial charge in [0.25, 0.3) is 0 Å². The molecular weight excluding hydrogens is 490 g/mol. The lowest BCUT2D eigenvalue weighted by atomic mass is 10.2. The molecular formula is C20H20F6N4O5. The van der Waals surface area contributed by atoms with Gasteiger partial charge in [-0.1, -0.05) is 0 Å². The van der Waals surface area contributed by atoms with E-state index >= 15 is 0 Å². The van der Waals surface area contributed by atoms with Crippen molar-refractivity contribution >= 4 is 23.7 Å². The number of hydrogen-bond donors (Lipinski definition) is 3. The van der Waals surface area contributed by atoms with Crippen LogP contribution in [0, 0.1) is 0 Å². The molecule has 0 saturated carbocycles. The number of aliphatic carboxylic acids is 1. The minimum Gasteiger partial charge on any atom is -0.480 e. The number of ether oxygens (including phenoxy) is 1. The first-order valence-corrected chi connectivity index (χ1v) is 9.74. The lowest BCUT2D eigenvalue weighted by molar-refractivity contribution is -0.143. The predicted octanol–water partition coefficient (Wildman–Crippen LogP) is 4.22. The highest BCUT2D eigenvalue weighted by atomic mass is 19.4. The number of nitrogens with one attached hydrogen (secondary N) is 2. The van der Waals surface area contributed by atoms with Crippen LogP contribution in [-0.4, -0.2) is 44.5 Å². The maximum absolute atomic E-state index is 13.2. The Kier molecular flexibility index (Phi) is 7.72. The van der Waals surface area contributed by atoms with Gasteiger partial charge in [-0.25, -0.2) is 14.3 Å². The maximum Gasteiger partial charge on any atom is 0.435 e. The van der Waals surface area contributed by atoms with Crippen molar-refractivity contribution in [2.45, 2.75) is 51.2 Å². The van der Waals surface area contributed by atoms with Crippen LogP contribution in [0.25, 0.3) is 5.69 Å². The van der Waals surface area contributed by atoms with Gasteiger partial charge in [0, 0.05) is 11.8 Å². The van der Waals surface area contributed by atoms with Crippen molar-refractivity contribution in [3.8, 4) is 5.69 Å². The summed E-state index contributed by atoms with van der Waals surface area (Å²) in [6, 6.07) is 2.35. The first-order valence-electron chi connectivity index (χ1n) is 9.74. The third-order valence-corrected chi connectivity index (χ3v) is 4.06. The fourth-order valence-electron chi connectivity index (χ4n) is 2.65. The van der Waals surface area contributed by atoms with Crippen molar-refractivity contribution in [3.05, 3.63) is 41.7 Å². The molecule has 0 saturated heterocycles. The molecule has 2 aromatic rings. The van der Waals surface area contributed by atoms with E-state index in [1.807, 2.05) is 5.32 Å². The van der Waals surface area contributed by atoms with Crippen molar-refractivity contribution in [1.29, 1.82) is 0 Å². The number of benzene rings is 1. The van der Waals surface area contributed by atoms with Crippen LogP contribution in [0.15, 0.2) is 30.3 Å². The van der Waals surface area contributed by atoms with Crippen LogP contribution < -0.4 is 10.6 Å². The van der Waals surface area contributed by atoms with Crippen LogP contribution >= 0.6 is 0 Å². The number of aromatic nitrogens is 2. The van der Waals surface area contributed by atoms with E-state index in [0.29, 0.717) is 0 Å². The Morgan fingerprint density at radius 2 is 1.60 bits per heavy atom.